The van der Waals surface area contributed by atoms with Gasteiger partial charge >= 0.3 is 0 Å². The van der Waals surface area contributed by atoms with Gasteiger partial charge < -0.3 is 4.74 Å². The highest BCUT2D eigenvalue weighted by molar-refractivity contribution is 7.15. The molecule has 6 heteroatoms. The van der Waals surface area contributed by atoms with Crippen molar-refractivity contribution >= 4 is 16.5 Å². The van der Waals surface area contributed by atoms with Crippen LogP contribution >= 0.6 is 11.3 Å². The smallest absolute Gasteiger partial charge is 0.219 e. The van der Waals surface area contributed by atoms with E-state index in [1.807, 2.05) is 0 Å². The summed E-state index contributed by atoms with van der Waals surface area (Å²) in [5.74, 6) is 5.93. The van der Waals surface area contributed by atoms with Crippen LogP contribution in [-0.2, 0) is 11.3 Å². The molecule has 0 aliphatic carbocycles. The van der Waals surface area contributed by atoms with E-state index in [-0.39, 0.29) is 0 Å². The second-order valence-corrected chi connectivity index (χ2v) is 4.80. The van der Waals surface area contributed by atoms with Crippen LogP contribution in [0.5, 0.6) is 0 Å². The predicted octanol–water partition coefficient (Wildman–Crippen LogP) is 1.78. The van der Waals surface area contributed by atoms with Crippen LogP contribution in [0.2, 0.25) is 0 Å². The Bertz CT molecular complexity index is 277. The second-order valence-electron chi connectivity index (χ2n) is 3.73. The molecule has 5 nitrogen and oxygen atoms in total. The highest BCUT2D eigenvalue weighted by Gasteiger charge is 2.02. The molecule has 15 heavy (non-hydrogen) atoms. The summed E-state index contributed by atoms with van der Waals surface area (Å²) in [6.45, 7) is 5.73. The maximum Gasteiger partial charge on any atom is 0.219 e. The van der Waals surface area contributed by atoms with Crippen LogP contribution in [0.25, 0.3) is 0 Å². The zero-order valence-electron chi connectivity index (χ0n) is 9.19. The lowest BCUT2D eigenvalue weighted by atomic mass is 10.1. The molecular weight excluding hydrogens is 212 g/mol. The molecule has 3 N–H and O–H groups in total. The third-order valence-electron chi connectivity index (χ3n) is 1.89. The van der Waals surface area contributed by atoms with E-state index in [4.69, 9.17) is 10.6 Å². The van der Waals surface area contributed by atoms with Gasteiger partial charge in [-0.2, -0.15) is 0 Å². The number of anilines is 1. The van der Waals surface area contributed by atoms with Crippen molar-refractivity contribution in [2.24, 2.45) is 11.8 Å². The van der Waals surface area contributed by atoms with Crippen molar-refractivity contribution in [3.63, 3.8) is 0 Å². The van der Waals surface area contributed by atoms with Crippen molar-refractivity contribution in [1.82, 2.24) is 10.2 Å². The number of rotatable bonds is 7. The molecule has 0 fully saturated rings. The van der Waals surface area contributed by atoms with Gasteiger partial charge in [-0.05, 0) is 18.8 Å². The van der Waals surface area contributed by atoms with Crippen LogP contribution in [0.3, 0.4) is 0 Å². The van der Waals surface area contributed by atoms with E-state index in [1.165, 1.54) is 17.8 Å². The molecule has 0 amide bonds. The number of ether oxygens (including phenoxy) is 1. The average Bonchev–Trinajstić information content (AvgIpc) is 2.65. The first-order valence-electron chi connectivity index (χ1n) is 5.09. The van der Waals surface area contributed by atoms with Crippen LogP contribution in [0, 0.1) is 5.92 Å². The van der Waals surface area contributed by atoms with Gasteiger partial charge in [0.15, 0.2) is 0 Å². The molecule has 0 aliphatic heterocycles. The van der Waals surface area contributed by atoms with Crippen molar-refractivity contribution < 1.29 is 4.74 Å². The molecular formula is C9H18N4OS. The Kier molecular flexibility index (Phi) is 5.52. The molecule has 86 valence electrons. The summed E-state index contributed by atoms with van der Waals surface area (Å²) in [4.78, 5) is 0. The average molecular weight is 230 g/mol. The number of nitrogens with one attached hydrogen (secondary N) is 1. The number of aromatic nitrogens is 2. The standard InChI is InChI=1S/C9H18N4OS/c1-7(2)4-3-5-14-6-8-12-13-9(11-10)15-8/h7H,3-6,10H2,1-2H3,(H,11,13). The van der Waals surface area contributed by atoms with Gasteiger partial charge in [0.2, 0.25) is 5.13 Å². The SMILES string of the molecule is CC(C)CCCOCc1nnc(NN)s1. The Morgan fingerprint density at radius 2 is 2.27 bits per heavy atom. The topological polar surface area (TPSA) is 73.1 Å². The molecule has 1 aromatic rings. The summed E-state index contributed by atoms with van der Waals surface area (Å²) >= 11 is 1.41. The van der Waals surface area contributed by atoms with E-state index in [0.717, 1.165) is 24.0 Å². The van der Waals surface area contributed by atoms with Gasteiger partial charge in [-0.25, -0.2) is 5.84 Å². The van der Waals surface area contributed by atoms with Crippen molar-refractivity contribution in [1.29, 1.82) is 0 Å². The van der Waals surface area contributed by atoms with E-state index >= 15 is 0 Å². The fourth-order valence-corrected chi connectivity index (χ4v) is 1.71. The highest BCUT2D eigenvalue weighted by Crippen LogP contribution is 2.14. The minimum atomic E-state index is 0.525. The first-order chi connectivity index (χ1) is 7.22. The van der Waals surface area contributed by atoms with Crippen LogP contribution in [0.1, 0.15) is 31.7 Å². The predicted molar refractivity (Wildman–Crippen MR) is 61.4 cm³/mol. The largest absolute Gasteiger partial charge is 0.374 e. The molecule has 0 unspecified atom stereocenters. The van der Waals surface area contributed by atoms with E-state index < -0.39 is 0 Å². The van der Waals surface area contributed by atoms with E-state index in [2.05, 4.69) is 29.5 Å². The molecule has 1 aromatic heterocycles. The number of hydrazine groups is 1. The Hall–Kier alpha value is -0.720. The van der Waals surface area contributed by atoms with Crippen molar-refractivity contribution in [3.05, 3.63) is 5.01 Å². The van der Waals surface area contributed by atoms with Crippen molar-refractivity contribution in [2.45, 2.75) is 33.3 Å². The summed E-state index contributed by atoms with van der Waals surface area (Å²) in [7, 11) is 0. The Labute approximate surface area is 94.0 Å². The van der Waals surface area contributed by atoms with E-state index in [9.17, 15) is 0 Å². The third-order valence-corrected chi connectivity index (χ3v) is 2.71. The number of hydrogen-bond acceptors (Lipinski definition) is 6. The molecule has 0 aliphatic rings. The summed E-state index contributed by atoms with van der Waals surface area (Å²) in [6, 6.07) is 0. The first kappa shape index (κ1) is 12.4. The molecule has 0 radical (unpaired) electrons. The fourth-order valence-electron chi connectivity index (χ4n) is 1.12. The minimum Gasteiger partial charge on any atom is -0.374 e. The zero-order chi connectivity index (χ0) is 11.1. The lowest BCUT2D eigenvalue weighted by molar-refractivity contribution is 0.114. The second kappa shape index (κ2) is 6.71. The van der Waals surface area contributed by atoms with Gasteiger partial charge in [-0.1, -0.05) is 25.2 Å². The lowest BCUT2D eigenvalue weighted by Gasteiger charge is -2.04. The lowest BCUT2D eigenvalue weighted by Crippen LogP contribution is -2.05. The molecule has 0 bridgehead atoms. The molecule has 1 heterocycles. The molecule has 0 spiro atoms. The molecule has 0 aromatic carbocycles. The van der Waals surface area contributed by atoms with Gasteiger partial charge in [0.05, 0.1) is 0 Å². The van der Waals surface area contributed by atoms with Gasteiger partial charge in [0, 0.05) is 6.61 Å². The fraction of sp³-hybridized carbons (Fsp3) is 0.778. The number of nitrogen functional groups attached to an aromatic ring is 1. The summed E-state index contributed by atoms with van der Waals surface area (Å²) < 4.78 is 5.47. The Balaban J connectivity index is 2.09. The van der Waals surface area contributed by atoms with Crippen molar-refractivity contribution in [3.8, 4) is 0 Å². The summed E-state index contributed by atoms with van der Waals surface area (Å²) in [5.41, 5.74) is 2.45. The highest BCUT2D eigenvalue weighted by atomic mass is 32.1. The minimum absolute atomic E-state index is 0.525. The third kappa shape index (κ3) is 5.06. The summed E-state index contributed by atoms with van der Waals surface area (Å²) in [6.07, 6.45) is 2.30. The van der Waals surface area contributed by atoms with Gasteiger partial charge in [0.25, 0.3) is 0 Å². The molecule has 0 saturated heterocycles. The quantitative estimate of drug-likeness (QED) is 0.424. The number of nitrogens with two attached hydrogens (primary N) is 1. The first-order valence-corrected chi connectivity index (χ1v) is 5.90. The number of nitrogens with zero attached hydrogens (tertiary/aromatic N) is 2. The monoisotopic (exact) mass is 230 g/mol. The van der Waals surface area contributed by atoms with Crippen LogP contribution in [0.4, 0.5) is 5.13 Å². The van der Waals surface area contributed by atoms with Crippen LogP contribution in [0.15, 0.2) is 0 Å². The summed E-state index contributed by atoms with van der Waals surface area (Å²) in [5, 5.41) is 9.21. The zero-order valence-corrected chi connectivity index (χ0v) is 10.0. The van der Waals surface area contributed by atoms with E-state index in [1.54, 1.807) is 0 Å². The normalized spacial score (nSPS) is 10.9. The number of hydrogen-bond donors (Lipinski definition) is 2. The van der Waals surface area contributed by atoms with Crippen LogP contribution in [-0.4, -0.2) is 16.8 Å². The van der Waals surface area contributed by atoms with Crippen molar-refractivity contribution in [2.75, 3.05) is 12.0 Å². The molecule has 0 atom stereocenters. The van der Waals surface area contributed by atoms with Gasteiger partial charge in [-0.3, -0.25) is 5.43 Å². The van der Waals surface area contributed by atoms with E-state index in [0.29, 0.717) is 11.7 Å². The van der Waals surface area contributed by atoms with Crippen LogP contribution < -0.4 is 11.3 Å². The maximum atomic E-state index is 5.47. The van der Waals surface area contributed by atoms with Gasteiger partial charge in [0.1, 0.15) is 11.6 Å². The van der Waals surface area contributed by atoms with Gasteiger partial charge in [-0.15, -0.1) is 10.2 Å². The Morgan fingerprint density at radius 1 is 1.47 bits per heavy atom. The maximum absolute atomic E-state index is 5.47. The molecule has 0 saturated carbocycles. The Morgan fingerprint density at radius 3 is 2.87 bits per heavy atom. The molecule has 1 rings (SSSR count).